The van der Waals surface area contributed by atoms with Gasteiger partial charge in [0.25, 0.3) is 0 Å². The van der Waals surface area contributed by atoms with Gasteiger partial charge in [-0.2, -0.15) is 0 Å². The fourth-order valence-corrected chi connectivity index (χ4v) is 3.76. The molecule has 0 bridgehead atoms. The van der Waals surface area contributed by atoms with Crippen molar-refractivity contribution in [3.8, 4) is 11.5 Å². The molecule has 0 spiro atoms. The van der Waals surface area contributed by atoms with E-state index in [0.29, 0.717) is 11.5 Å². The maximum atomic E-state index is 12.4. The first-order chi connectivity index (χ1) is 12.2. The highest BCUT2D eigenvalue weighted by Gasteiger charge is 2.21. The van der Waals surface area contributed by atoms with Gasteiger partial charge in [-0.3, -0.25) is 4.79 Å². The summed E-state index contributed by atoms with van der Waals surface area (Å²) < 4.78 is 6.82. The highest BCUT2D eigenvalue weighted by molar-refractivity contribution is 9.10. The van der Waals surface area contributed by atoms with Crippen LogP contribution in [0, 0.1) is 5.92 Å². The van der Waals surface area contributed by atoms with Crippen LogP contribution in [0.15, 0.2) is 51.4 Å². The van der Waals surface area contributed by atoms with Crippen LogP contribution in [0.1, 0.15) is 32.1 Å². The van der Waals surface area contributed by atoms with Crippen molar-refractivity contribution in [2.24, 2.45) is 5.92 Å². The summed E-state index contributed by atoms with van der Waals surface area (Å²) in [5.41, 5.74) is 3.15. The third-order valence-electron chi connectivity index (χ3n) is 4.70. The molecule has 0 radical (unpaired) electrons. The van der Waals surface area contributed by atoms with Gasteiger partial charge < -0.3 is 9.73 Å². The van der Waals surface area contributed by atoms with Crippen LogP contribution in [-0.2, 0) is 4.79 Å². The van der Waals surface area contributed by atoms with E-state index in [1.54, 1.807) is 0 Å². The summed E-state index contributed by atoms with van der Waals surface area (Å²) in [4.78, 5) is 17.0. The second kappa shape index (κ2) is 7.00. The monoisotopic (exact) mass is 398 g/mol. The zero-order valence-electron chi connectivity index (χ0n) is 13.8. The lowest BCUT2D eigenvalue weighted by Crippen LogP contribution is -2.24. The van der Waals surface area contributed by atoms with E-state index in [2.05, 4.69) is 26.2 Å². The SMILES string of the molecule is O=C(Nc1ccc2oc(-c3cccc(Br)c3)nc2c1)C1CCCCC1. The fraction of sp³-hybridized carbons (Fsp3) is 0.300. The minimum Gasteiger partial charge on any atom is -0.436 e. The highest BCUT2D eigenvalue weighted by atomic mass is 79.9. The zero-order chi connectivity index (χ0) is 17.2. The van der Waals surface area contributed by atoms with E-state index in [-0.39, 0.29) is 11.8 Å². The Morgan fingerprint density at radius 1 is 1.12 bits per heavy atom. The first-order valence-electron chi connectivity index (χ1n) is 8.66. The van der Waals surface area contributed by atoms with E-state index < -0.39 is 0 Å². The first-order valence-corrected chi connectivity index (χ1v) is 9.46. The van der Waals surface area contributed by atoms with Gasteiger partial charge in [0.1, 0.15) is 5.52 Å². The molecular weight excluding hydrogens is 380 g/mol. The van der Waals surface area contributed by atoms with Gasteiger partial charge in [-0.05, 0) is 49.2 Å². The first kappa shape index (κ1) is 16.3. The molecule has 0 aliphatic heterocycles. The standard InChI is InChI=1S/C20H19BrN2O2/c21-15-8-4-7-14(11-15)20-23-17-12-16(9-10-18(17)25-20)22-19(24)13-5-2-1-3-6-13/h4,7-13H,1-3,5-6H2,(H,22,24). The Labute approximate surface area is 154 Å². The Hall–Kier alpha value is -2.14. The van der Waals surface area contributed by atoms with E-state index >= 15 is 0 Å². The molecule has 3 aromatic rings. The predicted octanol–water partition coefficient (Wildman–Crippen LogP) is 5.78. The summed E-state index contributed by atoms with van der Waals surface area (Å²) in [6, 6.07) is 13.5. The average Bonchev–Trinajstić information content (AvgIpc) is 3.06. The third-order valence-corrected chi connectivity index (χ3v) is 5.20. The van der Waals surface area contributed by atoms with Crippen LogP contribution in [0.2, 0.25) is 0 Å². The molecule has 1 heterocycles. The number of carbonyl (C=O) groups excluding carboxylic acids is 1. The molecule has 1 N–H and O–H groups in total. The van der Waals surface area contributed by atoms with Crippen LogP contribution in [0.25, 0.3) is 22.6 Å². The Bertz CT molecular complexity index is 913. The topological polar surface area (TPSA) is 55.1 Å². The fourth-order valence-electron chi connectivity index (χ4n) is 3.36. The summed E-state index contributed by atoms with van der Waals surface area (Å²) in [5, 5.41) is 3.03. The summed E-state index contributed by atoms with van der Waals surface area (Å²) in [5.74, 6) is 0.834. The summed E-state index contributed by atoms with van der Waals surface area (Å²) in [6.45, 7) is 0. The van der Waals surface area contributed by atoms with Crippen LogP contribution in [-0.4, -0.2) is 10.9 Å². The molecule has 1 aliphatic carbocycles. The number of nitrogens with one attached hydrogen (secondary N) is 1. The van der Waals surface area contributed by atoms with Crippen molar-refractivity contribution in [1.29, 1.82) is 0 Å². The molecule has 1 fully saturated rings. The number of anilines is 1. The zero-order valence-corrected chi connectivity index (χ0v) is 15.4. The Morgan fingerprint density at radius 2 is 1.96 bits per heavy atom. The van der Waals surface area contributed by atoms with Crippen molar-refractivity contribution in [2.45, 2.75) is 32.1 Å². The van der Waals surface area contributed by atoms with Gasteiger partial charge in [0.15, 0.2) is 5.58 Å². The van der Waals surface area contributed by atoms with Gasteiger partial charge in [-0.25, -0.2) is 4.98 Å². The van der Waals surface area contributed by atoms with E-state index in [0.717, 1.165) is 46.9 Å². The molecule has 1 amide bonds. The molecule has 5 heteroatoms. The smallest absolute Gasteiger partial charge is 0.227 e. The normalized spacial score (nSPS) is 15.4. The molecule has 0 unspecified atom stereocenters. The van der Waals surface area contributed by atoms with Gasteiger partial charge >= 0.3 is 0 Å². The lowest BCUT2D eigenvalue weighted by atomic mass is 9.88. The predicted molar refractivity (Wildman–Crippen MR) is 102 cm³/mol. The Morgan fingerprint density at radius 3 is 2.76 bits per heavy atom. The minimum atomic E-state index is 0.120. The van der Waals surface area contributed by atoms with Crippen LogP contribution < -0.4 is 5.32 Å². The van der Waals surface area contributed by atoms with E-state index in [1.807, 2.05) is 42.5 Å². The van der Waals surface area contributed by atoms with Crippen molar-refractivity contribution in [3.05, 3.63) is 46.9 Å². The molecule has 0 saturated heterocycles. The van der Waals surface area contributed by atoms with Crippen LogP contribution in [0.3, 0.4) is 0 Å². The van der Waals surface area contributed by atoms with Gasteiger partial charge in [0.05, 0.1) is 0 Å². The Balaban J connectivity index is 1.56. The lowest BCUT2D eigenvalue weighted by Gasteiger charge is -2.20. The van der Waals surface area contributed by atoms with Gasteiger partial charge in [-0.1, -0.05) is 41.3 Å². The Kier molecular flexibility index (Phi) is 4.57. The van der Waals surface area contributed by atoms with Crippen LogP contribution in [0.4, 0.5) is 5.69 Å². The largest absolute Gasteiger partial charge is 0.436 e. The van der Waals surface area contributed by atoms with Crippen molar-refractivity contribution in [3.63, 3.8) is 0 Å². The lowest BCUT2D eigenvalue weighted by molar-refractivity contribution is -0.120. The summed E-state index contributed by atoms with van der Waals surface area (Å²) >= 11 is 3.46. The number of halogens is 1. The van der Waals surface area contributed by atoms with Crippen molar-refractivity contribution in [2.75, 3.05) is 5.32 Å². The number of hydrogen-bond donors (Lipinski definition) is 1. The van der Waals surface area contributed by atoms with Gasteiger partial charge in [0, 0.05) is 21.6 Å². The summed E-state index contributed by atoms with van der Waals surface area (Å²) in [7, 11) is 0. The van der Waals surface area contributed by atoms with Crippen LogP contribution >= 0.6 is 15.9 Å². The average molecular weight is 399 g/mol. The van der Waals surface area contributed by atoms with Crippen molar-refractivity contribution >= 4 is 38.6 Å². The number of hydrogen-bond acceptors (Lipinski definition) is 3. The number of benzene rings is 2. The van der Waals surface area contributed by atoms with Gasteiger partial charge in [-0.15, -0.1) is 0 Å². The molecule has 25 heavy (non-hydrogen) atoms. The maximum absolute atomic E-state index is 12.4. The summed E-state index contributed by atoms with van der Waals surface area (Å²) in [6.07, 6.45) is 5.52. The molecule has 128 valence electrons. The second-order valence-electron chi connectivity index (χ2n) is 6.54. The molecule has 4 rings (SSSR count). The van der Waals surface area contributed by atoms with Crippen molar-refractivity contribution in [1.82, 2.24) is 4.98 Å². The number of fused-ring (bicyclic) bond motifs is 1. The molecule has 2 aromatic carbocycles. The number of aromatic nitrogens is 1. The number of oxazole rings is 1. The van der Waals surface area contributed by atoms with E-state index in [1.165, 1.54) is 6.42 Å². The number of amides is 1. The molecule has 0 atom stereocenters. The minimum absolute atomic E-state index is 0.120. The number of carbonyl (C=O) groups is 1. The second-order valence-corrected chi connectivity index (χ2v) is 7.45. The van der Waals surface area contributed by atoms with Gasteiger partial charge in [0.2, 0.25) is 11.8 Å². The number of rotatable bonds is 3. The van der Waals surface area contributed by atoms with E-state index in [9.17, 15) is 4.79 Å². The number of nitrogens with zero attached hydrogens (tertiary/aromatic N) is 1. The molecular formula is C20H19BrN2O2. The molecule has 1 aromatic heterocycles. The molecule has 4 nitrogen and oxygen atoms in total. The van der Waals surface area contributed by atoms with E-state index in [4.69, 9.17) is 4.42 Å². The molecule has 1 aliphatic rings. The highest BCUT2D eigenvalue weighted by Crippen LogP contribution is 2.29. The maximum Gasteiger partial charge on any atom is 0.227 e. The molecule has 1 saturated carbocycles. The van der Waals surface area contributed by atoms with Crippen molar-refractivity contribution < 1.29 is 9.21 Å². The quantitative estimate of drug-likeness (QED) is 0.608. The van der Waals surface area contributed by atoms with Crippen LogP contribution in [0.5, 0.6) is 0 Å². The third kappa shape index (κ3) is 3.61.